The van der Waals surface area contributed by atoms with E-state index in [0.29, 0.717) is 0 Å². The topological polar surface area (TPSA) is 54.9 Å². The number of hydrogen-bond donors (Lipinski definition) is 0. The molecular weight excluding hydrogens is 414 g/mol. The molecule has 33 heavy (non-hydrogen) atoms. The highest BCUT2D eigenvalue weighted by molar-refractivity contribution is 5.69. The van der Waals surface area contributed by atoms with Gasteiger partial charge in [-0.1, -0.05) is 30.3 Å². The van der Waals surface area contributed by atoms with Crippen molar-refractivity contribution < 1.29 is 14.3 Å². The Labute approximate surface area is 196 Å². The standard InChI is InChI=1S/C27H35N3O3/c1-19-24-22(11-13-29(19)16-20-8-6-5-7-9-20)28-12-10-23(24)32-21-14-27(15-21)17-30(18-27)25(31)33-26(2,3)4/h5-10,12,19,21H,11,13-18H2,1-4H3. The Morgan fingerprint density at radius 3 is 2.58 bits per heavy atom. The first-order chi connectivity index (χ1) is 15.7. The van der Waals surface area contributed by atoms with Crippen LogP contribution in [0.15, 0.2) is 42.6 Å². The van der Waals surface area contributed by atoms with Gasteiger partial charge >= 0.3 is 6.09 Å². The Balaban J connectivity index is 1.20. The zero-order valence-corrected chi connectivity index (χ0v) is 20.2. The van der Waals surface area contributed by atoms with E-state index >= 15 is 0 Å². The highest BCUT2D eigenvalue weighted by atomic mass is 16.6. The van der Waals surface area contributed by atoms with Crippen molar-refractivity contribution >= 4 is 6.09 Å². The predicted octanol–water partition coefficient (Wildman–Crippen LogP) is 4.98. The summed E-state index contributed by atoms with van der Waals surface area (Å²) in [5.74, 6) is 0.980. The third-order valence-electron chi connectivity index (χ3n) is 7.18. The Bertz CT molecular complexity index is 1000. The van der Waals surface area contributed by atoms with Crippen molar-refractivity contribution in [2.75, 3.05) is 19.6 Å². The molecule has 6 heteroatoms. The van der Waals surface area contributed by atoms with E-state index in [9.17, 15) is 4.79 Å². The summed E-state index contributed by atoms with van der Waals surface area (Å²) in [5.41, 5.74) is 3.50. The van der Waals surface area contributed by atoms with Gasteiger partial charge < -0.3 is 14.4 Å². The highest BCUT2D eigenvalue weighted by Crippen LogP contribution is 2.50. The first-order valence-electron chi connectivity index (χ1n) is 12.1. The molecule has 3 aliphatic rings. The summed E-state index contributed by atoms with van der Waals surface area (Å²) < 4.78 is 12.0. The molecule has 1 spiro atoms. The zero-order valence-electron chi connectivity index (χ0n) is 20.2. The van der Waals surface area contributed by atoms with Gasteiger partial charge in [0.05, 0.1) is 5.69 Å². The molecule has 2 aliphatic heterocycles. The van der Waals surface area contributed by atoms with Crippen molar-refractivity contribution in [2.24, 2.45) is 5.41 Å². The van der Waals surface area contributed by atoms with Gasteiger partial charge in [-0.3, -0.25) is 9.88 Å². The normalized spacial score (nSPS) is 22.3. The molecule has 6 nitrogen and oxygen atoms in total. The Hall–Kier alpha value is -2.60. The number of pyridine rings is 1. The minimum absolute atomic E-state index is 0.201. The van der Waals surface area contributed by atoms with Gasteiger partial charge in [-0.25, -0.2) is 4.79 Å². The maximum Gasteiger partial charge on any atom is 0.410 e. The van der Waals surface area contributed by atoms with Crippen molar-refractivity contribution in [2.45, 2.75) is 71.2 Å². The van der Waals surface area contributed by atoms with Crippen LogP contribution in [-0.2, 0) is 17.7 Å². The molecule has 5 rings (SSSR count). The fraction of sp³-hybridized carbons (Fsp3) is 0.556. The second kappa shape index (κ2) is 8.32. The molecule has 3 heterocycles. The number of carbonyl (C=O) groups is 1. The van der Waals surface area contributed by atoms with Gasteiger partial charge in [0.1, 0.15) is 17.5 Å². The minimum atomic E-state index is -0.448. The van der Waals surface area contributed by atoms with Gasteiger partial charge in [0.2, 0.25) is 0 Å². The number of aromatic nitrogens is 1. The molecule has 0 N–H and O–H groups in total. The van der Waals surface area contributed by atoms with Crippen molar-refractivity contribution in [1.82, 2.24) is 14.8 Å². The summed E-state index contributed by atoms with van der Waals surface area (Å²) in [4.78, 5) is 21.3. The molecule has 1 amide bonds. The van der Waals surface area contributed by atoms with Crippen LogP contribution in [0.4, 0.5) is 4.79 Å². The summed E-state index contributed by atoms with van der Waals surface area (Å²) in [6.45, 7) is 11.5. The Kier molecular flexibility index (Phi) is 5.60. The largest absolute Gasteiger partial charge is 0.490 e. The molecule has 176 valence electrons. The van der Waals surface area contributed by atoms with Crippen molar-refractivity contribution in [3.05, 3.63) is 59.4 Å². The fourth-order valence-electron chi connectivity index (χ4n) is 5.55. The minimum Gasteiger partial charge on any atom is -0.490 e. The summed E-state index contributed by atoms with van der Waals surface area (Å²) in [6, 6.07) is 12.9. The average Bonchev–Trinajstić information content (AvgIpc) is 2.70. The van der Waals surface area contributed by atoms with E-state index in [1.54, 1.807) is 0 Å². The molecule has 1 atom stereocenters. The molecular formula is C27H35N3O3. The molecule has 1 saturated heterocycles. The van der Waals surface area contributed by atoms with Gasteiger partial charge in [0.15, 0.2) is 0 Å². The smallest absolute Gasteiger partial charge is 0.410 e. The van der Waals surface area contributed by atoms with Crippen LogP contribution in [0.25, 0.3) is 0 Å². The number of benzene rings is 1. The van der Waals surface area contributed by atoms with E-state index in [4.69, 9.17) is 9.47 Å². The Morgan fingerprint density at radius 1 is 1.15 bits per heavy atom. The van der Waals surface area contributed by atoms with Gasteiger partial charge in [-0.15, -0.1) is 0 Å². The van der Waals surface area contributed by atoms with Crippen LogP contribution >= 0.6 is 0 Å². The maximum atomic E-state index is 12.3. The maximum absolute atomic E-state index is 12.3. The first-order valence-corrected chi connectivity index (χ1v) is 12.1. The lowest BCUT2D eigenvalue weighted by molar-refractivity contribution is -0.117. The quantitative estimate of drug-likeness (QED) is 0.659. The van der Waals surface area contributed by atoms with E-state index in [0.717, 1.165) is 56.9 Å². The van der Waals surface area contributed by atoms with Crippen molar-refractivity contribution in [1.29, 1.82) is 0 Å². The molecule has 1 aliphatic carbocycles. The van der Waals surface area contributed by atoms with E-state index < -0.39 is 5.60 Å². The number of hydrogen-bond acceptors (Lipinski definition) is 5. The number of amides is 1. The summed E-state index contributed by atoms with van der Waals surface area (Å²) in [5, 5.41) is 0. The third-order valence-corrected chi connectivity index (χ3v) is 7.18. The number of rotatable bonds is 4. The van der Waals surface area contributed by atoms with Crippen LogP contribution in [0.5, 0.6) is 5.75 Å². The monoisotopic (exact) mass is 449 g/mol. The molecule has 1 unspecified atom stereocenters. The average molecular weight is 450 g/mol. The van der Waals surface area contributed by atoms with Crippen LogP contribution in [0, 0.1) is 5.41 Å². The number of likely N-dealkylation sites (tertiary alicyclic amines) is 1. The zero-order chi connectivity index (χ0) is 23.2. The third kappa shape index (κ3) is 4.58. The molecule has 1 aromatic heterocycles. The van der Waals surface area contributed by atoms with Crippen LogP contribution in [0.2, 0.25) is 0 Å². The van der Waals surface area contributed by atoms with Crippen LogP contribution in [0.3, 0.4) is 0 Å². The van der Waals surface area contributed by atoms with Crippen molar-refractivity contribution in [3.8, 4) is 5.75 Å². The summed E-state index contributed by atoms with van der Waals surface area (Å²) >= 11 is 0. The Morgan fingerprint density at radius 2 is 1.88 bits per heavy atom. The highest BCUT2D eigenvalue weighted by Gasteiger charge is 2.55. The summed E-state index contributed by atoms with van der Waals surface area (Å²) in [7, 11) is 0. The molecule has 0 bridgehead atoms. The van der Waals surface area contributed by atoms with Crippen LogP contribution in [-0.4, -0.2) is 52.2 Å². The van der Waals surface area contributed by atoms with Crippen molar-refractivity contribution in [3.63, 3.8) is 0 Å². The fourth-order valence-corrected chi connectivity index (χ4v) is 5.55. The number of ether oxygens (including phenoxy) is 2. The van der Waals surface area contributed by atoms with E-state index in [2.05, 4.69) is 47.1 Å². The second-order valence-electron chi connectivity index (χ2n) is 11.0. The number of carbonyl (C=O) groups excluding carboxylic acids is 1. The van der Waals surface area contributed by atoms with Gasteiger partial charge in [-0.05, 0) is 52.2 Å². The molecule has 2 fully saturated rings. The second-order valence-corrected chi connectivity index (χ2v) is 11.0. The van der Waals surface area contributed by atoms with E-state index in [-0.39, 0.29) is 23.7 Å². The van der Waals surface area contributed by atoms with Gasteiger partial charge in [0.25, 0.3) is 0 Å². The lowest BCUT2D eigenvalue weighted by Crippen LogP contribution is -2.66. The van der Waals surface area contributed by atoms with Crippen LogP contribution < -0.4 is 4.74 Å². The molecule has 0 radical (unpaired) electrons. The molecule has 2 aromatic rings. The number of fused-ring (bicyclic) bond motifs is 1. The predicted molar refractivity (Wildman–Crippen MR) is 127 cm³/mol. The first kappa shape index (κ1) is 22.2. The van der Waals surface area contributed by atoms with Gasteiger partial charge in [-0.2, -0.15) is 0 Å². The van der Waals surface area contributed by atoms with Crippen LogP contribution in [0.1, 0.15) is 63.4 Å². The van der Waals surface area contributed by atoms with Gasteiger partial charge in [0, 0.05) is 55.8 Å². The molecule has 1 aromatic carbocycles. The SMILES string of the molecule is CC1c2c(OC3CC4(C3)CN(C(=O)OC(C)(C)C)C4)ccnc2CCN1Cc1ccccc1. The van der Waals surface area contributed by atoms with E-state index in [1.165, 1.54) is 11.1 Å². The molecule has 1 saturated carbocycles. The van der Waals surface area contributed by atoms with E-state index in [1.807, 2.05) is 37.9 Å². The summed E-state index contributed by atoms with van der Waals surface area (Å²) in [6.07, 6.45) is 4.82. The number of nitrogens with zero attached hydrogens (tertiary/aromatic N) is 3. The lowest BCUT2D eigenvalue weighted by Gasteiger charge is -2.58. The lowest BCUT2D eigenvalue weighted by atomic mass is 9.62.